The lowest BCUT2D eigenvalue weighted by molar-refractivity contribution is -0.581. The smallest absolute Gasteiger partial charge is 0.307 e. The lowest BCUT2D eigenvalue weighted by Crippen LogP contribution is -2.30. The highest BCUT2D eigenvalue weighted by Gasteiger charge is 2.30. The number of aromatic nitrogens is 2. The molecule has 1 N–H and O–H groups in total. The summed E-state index contributed by atoms with van der Waals surface area (Å²) in [6, 6.07) is 26.2. The van der Waals surface area contributed by atoms with Gasteiger partial charge < -0.3 is 15.1 Å². The molecule has 4 aromatic rings. The number of aliphatic carboxylic acids is 1. The Morgan fingerprint density at radius 3 is 2.03 bits per heavy atom. The predicted molar refractivity (Wildman–Crippen MR) is 119 cm³/mol. The summed E-state index contributed by atoms with van der Waals surface area (Å²) in [7, 11) is 1.58. The number of hydrogen-bond donors (Lipinski definition) is 1. The van der Waals surface area contributed by atoms with Crippen LogP contribution in [0.3, 0.4) is 0 Å². The summed E-state index contributed by atoms with van der Waals surface area (Å²) < 4.78 is 7.95. The van der Waals surface area contributed by atoms with Gasteiger partial charge in [0.2, 0.25) is 0 Å². The highest BCUT2D eigenvalue weighted by molar-refractivity contribution is 5.79. The Balaban J connectivity index is 2.03. The molecule has 0 amide bonds. The van der Waals surface area contributed by atoms with E-state index < -0.39 is 5.97 Å². The first-order chi connectivity index (χ1) is 15.1. The fraction of sp³-hybridized carbons (Fsp3) is 0.120. The van der Waals surface area contributed by atoms with Crippen LogP contribution >= 0.6 is 0 Å². The van der Waals surface area contributed by atoms with Crippen LogP contribution in [-0.2, 0) is 11.3 Å². The number of carboxylic acid groups (broad SMARTS) is 1. The molecule has 0 bridgehead atoms. The van der Waals surface area contributed by atoms with Crippen LogP contribution < -0.4 is 9.47 Å². The van der Waals surface area contributed by atoms with Gasteiger partial charge in [-0.1, -0.05) is 60.7 Å². The minimum Gasteiger partial charge on any atom is -0.710 e. The normalized spacial score (nSPS) is 10.7. The molecule has 3 aromatic carbocycles. The summed E-state index contributed by atoms with van der Waals surface area (Å²) in [5.41, 5.74) is 3.47. The van der Waals surface area contributed by atoms with Crippen LogP contribution in [0.4, 0.5) is 0 Å². The molecule has 4 rings (SSSR count). The van der Waals surface area contributed by atoms with Gasteiger partial charge in [0.05, 0.1) is 19.1 Å². The van der Waals surface area contributed by atoms with Crippen LogP contribution in [0.25, 0.3) is 33.9 Å². The number of nitrogens with zero attached hydrogens (tertiary/aromatic N) is 2. The molecule has 1 heterocycles. The minimum absolute atomic E-state index is 0.105. The molecular formula is C25H22N2O4. The third-order valence-electron chi connectivity index (χ3n) is 5.14. The lowest BCUT2D eigenvalue weighted by atomic mass is 10.0. The standard InChI is InChI=1S/C25H22N2O4/c1-31-21-14-12-20(13-15-21)25-26(17-16-22(28)29)23(18-8-4-2-5-9-18)24(27(25)30)19-10-6-3-7-11-19/h2-15H,16-17H2,1H3,(H,28,29). The highest BCUT2D eigenvalue weighted by atomic mass is 16.5. The zero-order valence-electron chi connectivity index (χ0n) is 17.1. The van der Waals surface area contributed by atoms with Crippen molar-refractivity contribution in [2.45, 2.75) is 13.0 Å². The molecule has 0 aliphatic carbocycles. The van der Waals surface area contributed by atoms with Crippen molar-refractivity contribution in [1.29, 1.82) is 0 Å². The van der Waals surface area contributed by atoms with E-state index in [1.54, 1.807) is 23.8 Å². The van der Waals surface area contributed by atoms with Crippen LogP contribution in [0.1, 0.15) is 6.42 Å². The van der Waals surface area contributed by atoms with Crippen molar-refractivity contribution in [3.63, 3.8) is 0 Å². The van der Waals surface area contributed by atoms with Gasteiger partial charge in [-0.25, -0.2) is 9.30 Å². The Kier molecular flexibility index (Phi) is 5.71. The molecule has 156 valence electrons. The molecule has 0 aliphatic heterocycles. The Morgan fingerprint density at radius 2 is 1.48 bits per heavy atom. The van der Waals surface area contributed by atoms with Gasteiger partial charge in [-0.05, 0) is 24.3 Å². The van der Waals surface area contributed by atoms with Gasteiger partial charge in [-0.15, -0.1) is 0 Å². The van der Waals surface area contributed by atoms with E-state index in [1.165, 1.54) is 0 Å². The first kappa shape index (κ1) is 20.2. The van der Waals surface area contributed by atoms with E-state index in [-0.39, 0.29) is 13.0 Å². The number of rotatable bonds is 7. The Hall–Kier alpha value is -4.06. The third kappa shape index (κ3) is 4.00. The maximum absolute atomic E-state index is 13.7. The van der Waals surface area contributed by atoms with E-state index >= 15 is 0 Å². The Labute approximate surface area is 180 Å². The highest BCUT2D eigenvalue weighted by Crippen LogP contribution is 2.35. The Bertz CT molecular complexity index is 1180. The number of carboxylic acids is 1. The molecule has 6 nitrogen and oxygen atoms in total. The summed E-state index contributed by atoms with van der Waals surface area (Å²) in [5.74, 6) is 0.144. The van der Waals surface area contributed by atoms with Gasteiger partial charge in [0.25, 0.3) is 5.82 Å². The van der Waals surface area contributed by atoms with Crippen molar-refractivity contribution in [2.24, 2.45) is 0 Å². The molecule has 0 atom stereocenters. The zero-order chi connectivity index (χ0) is 21.8. The topological polar surface area (TPSA) is 78.4 Å². The zero-order valence-corrected chi connectivity index (χ0v) is 17.1. The summed E-state index contributed by atoms with van der Waals surface area (Å²) in [6.07, 6.45) is -0.105. The molecule has 6 heteroatoms. The minimum atomic E-state index is -0.924. The summed E-state index contributed by atoms with van der Waals surface area (Å²) in [4.78, 5) is 11.4. The van der Waals surface area contributed by atoms with Gasteiger partial charge in [0, 0.05) is 11.1 Å². The van der Waals surface area contributed by atoms with Crippen molar-refractivity contribution >= 4 is 5.97 Å². The number of imidazole rings is 1. The summed E-state index contributed by atoms with van der Waals surface area (Å²) in [5, 5.41) is 23.0. The van der Waals surface area contributed by atoms with E-state index in [4.69, 9.17) is 4.74 Å². The molecule has 31 heavy (non-hydrogen) atoms. The SMILES string of the molecule is COc1ccc(-c2n(CCC(=O)O)c(-c3ccccc3)c(-c3ccccc3)[n+]2[O-])cc1. The average Bonchev–Trinajstić information content (AvgIpc) is 3.10. The van der Waals surface area contributed by atoms with Gasteiger partial charge in [-0.3, -0.25) is 4.79 Å². The van der Waals surface area contributed by atoms with Crippen molar-refractivity contribution < 1.29 is 19.4 Å². The fourth-order valence-electron chi connectivity index (χ4n) is 3.72. The maximum atomic E-state index is 13.7. The van der Waals surface area contributed by atoms with Crippen molar-refractivity contribution in [1.82, 2.24) is 4.57 Å². The molecule has 0 unspecified atom stereocenters. The van der Waals surface area contributed by atoms with Gasteiger partial charge in [-0.2, -0.15) is 0 Å². The monoisotopic (exact) mass is 414 g/mol. The number of ether oxygens (including phenoxy) is 1. The molecule has 0 fully saturated rings. The van der Waals surface area contributed by atoms with Crippen molar-refractivity contribution in [3.05, 3.63) is 90.1 Å². The third-order valence-corrected chi connectivity index (χ3v) is 5.14. The molecule has 0 radical (unpaired) electrons. The van der Waals surface area contributed by atoms with Crippen LogP contribution in [-0.4, -0.2) is 22.8 Å². The first-order valence-electron chi connectivity index (χ1n) is 9.93. The first-order valence-corrected chi connectivity index (χ1v) is 9.93. The second-order valence-electron chi connectivity index (χ2n) is 7.07. The average molecular weight is 414 g/mol. The second-order valence-corrected chi connectivity index (χ2v) is 7.07. The van der Waals surface area contributed by atoms with Crippen LogP contribution in [0.5, 0.6) is 5.75 Å². The van der Waals surface area contributed by atoms with Crippen LogP contribution in [0.15, 0.2) is 84.9 Å². The van der Waals surface area contributed by atoms with Crippen molar-refractivity contribution in [3.8, 4) is 39.7 Å². The van der Waals surface area contributed by atoms with Crippen LogP contribution in [0, 0.1) is 5.21 Å². The lowest BCUT2D eigenvalue weighted by Gasteiger charge is -2.08. The van der Waals surface area contributed by atoms with Gasteiger partial charge in [0.15, 0.2) is 11.4 Å². The molecule has 0 saturated heterocycles. The fourth-order valence-corrected chi connectivity index (χ4v) is 3.72. The molecule has 0 saturated carbocycles. The van der Waals surface area contributed by atoms with E-state index in [2.05, 4.69) is 0 Å². The second kappa shape index (κ2) is 8.75. The number of benzene rings is 3. The van der Waals surface area contributed by atoms with Gasteiger partial charge >= 0.3 is 5.97 Å². The van der Waals surface area contributed by atoms with E-state index in [0.29, 0.717) is 28.5 Å². The number of methoxy groups -OCH3 is 1. The molecule has 1 aromatic heterocycles. The molecule has 0 aliphatic rings. The summed E-state index contributed by atoms with van der Waals surface area (Å²) in [6.45, 7) is 0.163. The van der Waals surface area contributed by atoms with Crippen LogP contribution in [0.2, 0.25) is 0 Å². The summed E-state index contributed by atoms with van der Waals surface area (Å²) >= 11 is 0. The molecular weight excluding hydrogens is 392 g/mol. The predicted octanol–water partition coefficient (Wildman–Crippen LogP) is 4.61. The number of hydrogen-bond acceptors (Lipinski definition) is 3. The number of carbonyl (C=O) groups is 1. The largest absolute Gasteiger partial charge is 0.710 e. The van der Waals surface area contributed by atoms with E-state index in [9.17, 15) is 15.1 Å². The quantitative estimate of drug-likeness (QED) is 0.354. The molecule has 0 spiro atoms. The van der Waals surface area contributed by atoms with Gasteiger partial charge in [0.1, 0.15) is 12.3 Å². The Morgan fingerprint density at radius 1 is 0.903 bits per heavy atom. The van der Waals surface area contributed by atoms with Crippen molar-refractivity contribution in [2.75, 3.05) is 7.11 Å². The van der Waals surface area contributed by atoms with E-state index in [1.807, 2.05) is 72.8 Å². The maximum Gasteiger partial charge on any atom is 0.307 e. The van der Waals surface area contributed by atoms with E-state index in [0.717, 1.165) is 15.9 Å².